The highest BCUT2D eigenvalue weighted by atomic mass is 19.3. The van der Waals surface area contributed by atoms with E-state index in [1.54, 1.807) is 39.0 Å². The van der Waals surface area contributed by atoms with Crippen molar-refractivity contribution < 1.29 is 27.5 Å². The third-order valence-electron chi connectivity index (χ3n) is 4.07. The van der Waals surface area contributed by atoms with Crippen molar-refractivity contribution in [2.45, 2.75) is 40.9 Å². The molecule has 0 saturated carbocycles. The van der Waals surface area contributed by atoms with Crippen LogP contribution in [0.3, 0.4) is 0 Å². The molecule has 0 unspecified atom stereocenters. The molecule has 0 radical (unpaired) electrons. The first-order valence-corrected chi connectivity index (χ1v) is 9.36. The Morgan fingerprint density at radius 2 is 1.80 bits per heavy atom. The number of carbonyl (C=O) groups is 1. The lowest BCUT2D eigenvalue weighted by molar-refractivity contribution is -0.286. The zero-order chi connectivity index (χ0) is 22.5. The van der Waals surface area contributed by atoms with Gasteiger partial charge in [-0.2, -0.15) is 0 Å². The highest BCUT2D eigenvalue weighted by Crippen LogP contribution is 2.43. The Kier molecular flexibility index (Phi) is 7.15. The van der Waals surface area contributed by atoms with Crippen LogP contribution in [0.25, 0.3) is 5.57 Å². The van der Waals surface area contributed by atoms with E-state index in [0.29, 0.717) is 17.0 Å². The molecule has 3 rings (SSSR count). The van der Waals surface area contributed by atoms with Gasteiger partial charge in [0.25, 0.3) is 5.91 Å². The minimum absolute atomic E-state index is 0.00895. The predicted molar refractivity (Wildman–Crippen MR) is 109 cm³/mol. The van der Waals surface area contributed by atoms with Gasteiger partial charge in [-0.3, -0.25) is 4.79 Å². The SMILES string of the molecule is C=C(/C=C\C(=C/C)c1cc2c(cc1C)OC(F)(F)O2)NC(=O)c1ncoc1C.CC. The van der Waals surface area contributed by atoms with Crippen molar-refractivity contribution in [2.75, 3.05) is 0 Å². The lowest BCUT2D eigenvalue weighted by atomic mass is 9.99. The number of nitrogens with one attached hydrogen (secondary N) is 1. The molecule has 1 aromatic heterocycles. The predicted octanol–water partition coefficient (Wildman–Crippen LogP) is 5.54. The highest BCUT2D eigenvalue weighted by molar-refractivity contribution is 5.94. The van der Waals surface area contributed by atoms with Crippen LogP contribution in [0, 0.1) is 13.8 Å². The van der Waals surface area contributed by atoms with E-state index >= 15 is 0 Å². The summed E-state index contributed by atoms with van der Waals surface area (Å²) in [6, 6.07) is 2.98. The molecule has 1 aliphatic heterocycles. The van der Waals surface area contributed by atoms with Gasteiger partial charge in [0.15, 0.2) is 23.6 Å². The van der Waals surface area contributed by atoms with E-state index in [2.05, 4.69) is 26.4 Å². The molecule has 30 heavy (non-hydrogen) atoms. The number of aryl methyl sites for hydroxylation is 2. The molecule has 0 fully saturated rings. The Morgan fingerprint density at radius 1 is 1.17 bits per heavy atom. The maximum atomic E-state index is 13.3. The summed E-state index contributed by atoms with van der Waals surface area (Å²) in [5.41, 5.74) is 2.65. The topological polar surface area (TPSA) is 73.6 Å². The Labute approximate surface area is 173 Å². The van der Waals surface area contributed by atoms with Crippen molar-refractivity contribution in [1.82, 2.24) is 10.3 Å². The van der Waals surface area contributed by atoms with Gasteiger partial charge in [0.2, 0.25) is 0 Å². The van der Waals surface area contributed by atoms with Crippen LogP contribution in [-0.2, 0) is 0 Å². The first-order valence-electron chi connectivity index (χ1n) is 9.36. The quantitative estimate of drug-likeness (QED) is 0.645. The average molecular weight is 418 g/mol. The molecule has 0 atom stereocenters. The highest BCUT2D eigenvalue weighted by Gasteiger charge is 2.43. The molecule has 160 valence electrons. The van der Waals surface area contributed by atoms with Crippen molar-refractivity contribution in [3.05, 3.63) is 71.6 Å². The molecule has 1 aromatic carbocycles. The maximum Gasteiger partial charge on any atom is 0.586 e. The second-order valence-electron chi connectivity index (χ2n) is 6.10. The molecule has 0 spiro atoms. The number of alkyl halides is 2. The van der Waals surface area contributed by atoms with Gasteiger partial charge in [0, 0.05) is 5.70 Å². The summed E-state index contributed by atoms with van der Waals surface area (Å²) in [5.74, 6) is -0.0852. The van der Waals surface area contributed by atoms with Crippen molar-refractivity contribution in [2.24, 2.45) is 0 Å². The van der Waals surface area contributed by atoms with Gasteiger partial charge in [-0.1, -0.05) is 32.6 Å². The van der Waals surface area contributed by atoms with E-state index in [9.17, 15) is 13.6 Å². The lowest BCUT2D eigenvalue weighted by Crippen LogP contribution is -2.25. The van der Waals surface area contributed by atoms with Crippen LogP contribution >= 0.6 is 0 Å². The van der Waals surface area contributed by atoms with Crippen molar-refractivity contribution in [3.8, 4) is 11.5 Å². The fourth-order valence-electron chi connectivity index (χ4n) is 2.71. The normalized spacial score (nSPS) is 14.3. The minimum Gasteiger partial charge on any atom is -0.448 e. The summed E-state index contributed by atoms with van der Waals surface area (Å²) in [4.78, 5) is 16.0. The molecule has 1 amide bonds. The summed E-state index contributed by atoms with van der Waals surface area (Å²) in [7, 11) is 0. The Morgan fingerprint density at radius 3 is 2.37 bits per heavy atom. The Hall–Kier alpha value is -3.42. The number of amides is 1. The number of ether oxygens (including phenoxy) is 2. The number of benzene rings is 1. The van der Waals surface area contributed by atoms with Gasteiger partial charge in [0.05, 0.1) is 0 Å². The first-order chi connectivity index (χ1) is 14.2. The Balaban J connectivity index is 0.00000155. The molecule has 1 aliphatic rings. The van der Waals surface area contributed by atoms with Crippen LogP contribution in [0.4, 0.5) is 8.78 Å². The van der Waals surface area contributed by atoms with Crippen molar-refractivity contribution >= 4 is 11.5 Å². The number of oxazole rings is 1. The summed E-state index contributed by atoms with van der Waals surface area (Å²) in [5, 5.41) is 2.61. The van der Waals surface area contributed by atoms with Crippen molar-refractivity contribution in [1.29, 1.82) is 0 Å². The summed E-state index contributed by atoms with van der Waals surface area (Å²) in [6.07, 6.45) is 2.63. The van der Waals surface area contributed by atoms with Gasteiger partial charge < -0.3 is 19.2 Å². The molecule has 1 N–H and O–H groups in total. The molecule has 2 aromatic rings. The summed E-state index contributed by atoms with van der Waals surface area (Å²) < 4.78 is 40.5. The van der Waals surface area contributed by atoms with E-state index in [1.807, 2.05) is 13.8 Å². The number of hydrogen-bond donors (Lipinski definition) is 1. The second kappa shape index (κ2) is 9.39. The molecule has 2 heterocycles. The van der Waals surface area contributed by atoms with Crippen LogP contribution in [0.15, 0.2) is 53.4 Å². The van der Waals surface area contributed by atoms with Gasteiger partial charge >= 0.3 is 6.29 Å². The fraction of sp³-hybridized carbons (Fsp3) is 0.273. The van der Waals surface area contributed by atoms with E-state index in [1.165, 1.54) is 18.5 Å². The van der Waals surface area contributed by atoms with Gasteiger partial charge in [-0.05, 0) is 55.7 Å². The van der Waals surface area contributed by atoms with Crippen LogP contribution in [0.1, 0.15) is 48.1 Å². The lowest BCUT2D eigenvalue weighted by Gasteiger charge is -2.09. The van der Waals surface area contributed by atoms with Crippen LogP contribution in [-0.4, -0.2) is 17.2 Å². The average Bonchev–Trinajstić information content (AvgIpc) is 3.24. The largest absolute Gasteiger partial charge is 0.586 e. The summed E-state index contributed by atoms with van der Waals surface area (Å²) in [6.45, 7) is 13.0. The van der Waals surface area contributed by atoms with E-state index in [0.717, 1.165) is 11.1 Å². The third-order valence-corrected chi connectivity index (χ3v) is 4.07. The van der Waals surface area contributed by atoms with Gasteiger partial charge in [0.1, 0.15) is 5.76 Å². The molecule has 8 heteroatoms. The van der Waals surface area contributed by atoms with Crippen LogP contribution < -0.4 is 14.8 Å². The number of aromatic nitrogens is 1. The van der Waals surface area contributed by atoms with Crippen LogP contribution in [0.5, 0.6) is 11.5 Å². The number of rotatable bonds is 5. The Bertz CT molecular complexity index is 1010. The zero-order valence-corrected chi connectivity index (χ0v) is 17.5. The fourth-order valence-corrected chi connectivity index (χ4v) is 2.71. The molecule has 6 nitrogen and oxygen atoms in total. The van der Waals surface area contributed by atoms with E-state index in [-0.39, 0.29) is 17.2 Å². The summed E-state index contributed by atoms with van der Waals surface area (Å²) >= 11 is 0. The number of halogens is 2. The van der Waals surface area contributed by atoms with E-state index in [4.69, 9.17) is 4.42 Å². The number of allylic oxidation sites excluding steroid dienone is 4. The van der Waals surface area contributed by atoms with Crippen molar-refractivity contribution in [3.63, 3.8) is 0 Å². The maximum absolute atomic E-state index is 13.3. The van der Waals surface area contributed by atoms with Gasteiger partial charge in [-0.25, -0.2) is 4.98 Å². The van der Waals surface area contributed by atoms with Gasteiger partial charge in [-0.15, -0.1) is 8.78 Å². The molecular formula is C22H24F2N2O4. The van der Waals surface area contributed by atoms with Crippen LogP contribution in [0.2, 0.25) is 0 Å². The first kappa shape index (κ1) is 22.9. The number of hydrogen-bond acceptors (Lipinski definition) is 5. The minimum atomic E-state index is -3.67. The molecule has 0 bridgehead atoms. The number of carbonyl (C=O) groups excluding carboxylic acids is 1. The smallest absolute Gasteiger partial charge is 0.448 e. The monoisotopic (exact) mass is 418 g/mol. The third kappa shape index (κ3) is 5.14. The molecule has 0 aliphatic carbocycles. The standard InChI is InChI=1S/C20H18F2N2O4.C2H6/c1-5-14(7-6-12(3)24-19(25)18-13(4)26-10-23-18)15-9-17-16(8-11(15)2)27-20(21,22)28-17;1-2/h5-10H,3H2,1-2,4H3,(H,24,25);1-2H3/b7-6-,14-5+;. The number of nitrogens with zero attached hydrogens (tertiary/aromatic N) is 1. The van der Waals surface area contributed by atoms with E-state index < -0.39 is 12.2 Å². The molecular weight excluding hydrogens is 394 g/mol. The number of fused-ring (bicyclic) bond motifs is 1. The second-order valence-corrected chi connectivity index (χ2v) is 6.10. The molecule has 0 saturated heterocycles. The zero-order valence-electron chi connectivity index (χ0n) is 17.5.